The molecule has 1 atom stereocenters. The van der Waals surface area contributed by atoms with Crippen molar-refractivity contribution in [2.75, 3.05) is 19.8 Å². The van der Waals surface area contributed by atoms with E-state index >= 15 is 0 Å². The molecule has 0 saturated carbocycles. The third kappa shape index (κ3) is 3.74. The first-order valence-corrected chi connectivity index (χ1v) is 8.87. The van der Waals surface area contributed by atoms with E-state index in [0.29, 0.717) is 36.8 Å². The molecule has 0 fully saturated rings. The summed E-state index contributed by atoms with van der Waals surface area (Å²) in [4.78, 5) is 4.54. The predicted molar refractivity (Wildman–Crippen MR) is 97.5 cm³/mol. The Bertz CT molecular complexity index is 957. The Morgan fingerprint density at radius 2 is 1.96 bits per heavy atom. The van der Waals surface area contributed by atoms with Crippen molar-refractivity contribution in [3.63, 3.8) is 0 Å². The molecule has 3 aromatic rings. The molecule has 1 N–H and O–H groups in total. The highest BCUT2D eigenvalue weighted by atomic mass is 19.1. The van der Waals surface area contributed by atoms with Gasteiger partial charge in [0.2, 0.25) is 0 Å². The highest BCUT2D eigenvalue weighted by Crippen LogP contribution is 2.34. The van der Waals surface area contributed by atoms with E-state index in [-0.39, 0.29) is 19.0 Å². The van der Waals surface area contributed by atoms with E-state index in [1.165, 1.54) is 6.07 Å². The lowest BCUT2D eigenvalue weighted by Gasteiger charge is -2.19. The lowest BCUT2D eigenvalue weighted by molar-refractivity contribution is 0.0197. The molecule has 27 heavy (non-hydrogen) atoms. The smallest absolute Gasteiger partial charge is 0.163 e. The van der Waals surface area contributed by atoms with Gasteiger partial charge in [0.25, 0.3) is 0 Å². The van der Waals surface area contributed by atoms with Crippen LogP contribution in [0.25, 0.3) is 11.0 Å². The summed E-state index contributed by atoms with van der Waals surface area (Å²) in [5.41, 5.74) is 2.12. The molecule has 7 heteroatoms. The molecule has 0 radical (unpaired) electrons. The molecule has 0 amide bonds. The van der Waals surface area contributed by atoms with Crippen molar-refractivity contribution in [1.82, 2.24) is 9.55 Å². The average molecular weight is 372 g/mol. The number of ether oxygens (including phenoxy) is 3. The molecule has 1 aliphatic rings. The van der Waals surface area contributed by atoms with Crippen LogP contribution in [0.3, 0.4) is 0 Å². The van der Waals surface area contributed by atoms with Gasteiger partial charge in [-0.25, -0.2) is 9.37 Å². The number of halogens is 1. The fourth-order valence-electron chi connectivity index (χ4n) is 3.20. The van der Waals surface area contributed by atoms with Gasteiger partial charge in [-0.05, 0) is 13.0 Å². The number of imidazole rings is 1. The van der Waals surface area contributed by atoms with Crippen molar-refractivity contribution in [2.24, 2.45) is 0 Å². The molecule has 0 unspecified atom stereocenters. The van der Waals surface area contributed by atoms with E-state index in [2.05, 4.69) is 4.98 Å². The van der Waals surface area contributed by atoms with E-state index in [1.807, 2.05) is 23.6 Å². The van der Waals surface area contributed by atoms with Crippen LogP contribution in [0.5, 0.6) is 11.5 Å². The minimum Gasteiger partial charge on any atom is -0.486 e. The van der Waals surface area contributed by atoms with Crippen LogP contribution >= 0.6 is 0 Å². The largest absolute Gasteiger partial charge is 0.486 e. The summed E-state index contributed by atoms with van der Waals surface area (Å²) in [6.07, 6.45) is -0.749. The second-order valence-corrected chi connectivity index (χ2v) is 6.51. The van der Waals surface area contributed by atoms with Crippen molar-refractivity contribution in [1.29, 1.82) is 0 Å². The summed E-state index contributed by atoms with van der Waals surface area (Å²) < 4.78 is 32.2. The van der Waals surface area contributed by atoms with Crippen LogP contribution in [0.15, 0.2) is 36.4 Å². The molecule has 2 heterocycles. The number of hydrogen-bond acceptors (Lipinski definition) is 5. The summed E-state index contributed by atoms with van der Waals surface area (Å²) in [6, 6.07) is 10.2. The van der Waals surface area contributed by atoms with Crippen LogP contribution in [-0.2, 0) is 17.9 Å². The first kappa shape index (κ1) is 17.8. The van der Waals surface area contributed by atoms with Gasteiger partial charge >= 0.3 is 0 Å². The zero-order chi connectivity index (χ0) is 18.8. The van der Waals surface area contributed by atoms with Gasteiger partial charge in [0.05, 0.1) is 36.9 Å². The Labute approximate surface area is 156 Å². The fraction of sp³-hybridized carbons (Fsp3) is 0.350. The zero-order valence-electron chi connectivity index (χ0n) is 15.0. The van der Waals surface area contributed by atoms with Gasteiger partial charge in [0, 0.05) is 17.7 Å². The maximum absolute atomic E-state index is 13.6. The molecule has 0 aliphatic carbocycles. The second kappa shape index (κ2) is 7.54. The highest BCUT2D eigenvalue weighted by molar-refractivity contribution is 5.80. The highest BCUT2D eigenvalue weighted by Gasteiger charge is 2.18. The first-order chi connectivity index (χ1) is 13.1. The fourth-order valence-corrected chi connectivity index (χ4v) is 3.20. The number of hydrogen-bond donors (Lipinski definition) is 1. The Morgan fingerprint density at radius 3 is 2.74 bits per heavy atom. The second-order valence-electron chi connectivity index (χ2n) is 6.51. The van der Waals surface area contributed by atoms with Crippen molar-refractivity contribution >= 4 is 11.0 Å². The normalized spacial score (nSPS) is 14.5. The molecular formula is C20H21FN2O4. The van der Waals surface area contributed by atoms with Crippen molar-refractivity contribution < 1.29 is 23.7 Å². The van der Waals surface area contributed by atoms with Crippen molar-refractivity contribution in [3.05, 3.63) is 53.6 Å². The topological polar surface area (TPSA) is 65.7 Å². The SMILES string of the molecule is Cc1nc2cc3c(cc2n1C[C@@H](O)COCc1ccccc1F)OCCO3. The maximum Gasteiger partial charge on any atom is 0.163 e. The zero-order valence-corrected chi connectivity index (χ0v) is 15.0. The van der Waals surface area contributed by atoms with Gasteiger partial charge < -0.3 is 23.9 Å². The molecule has 6 nitrogen and oxygen atoms in total. The van der Waals surface area contributed by atoms with Gasteiger partial charge in [0.15, 0.2) is 11.5 Å². The number of aromatic nitrogens is 2. The summed E-state index contributed by atoms with van der Waals surface area (Å²) in [5.74, 6) is 1.84. The van der Waals surface area contributed by atoms with Crippen molar-refractivity contribution in [3.8, 4) is 11.5 Å². The summed E-state index contributed by atoms with van der Waals surface area (Å²) in [7, 11) is 0. The van der Waals surface area contributed by atoms with Crippen LogP contribution in [0.4, 0.5) is 4.39 Å². The Hall–Kier alpha value is -2.64. The van der Waals surface area contributed by atoms with E-state index in [1.54, 1.807) is 18.2 Å². The minimum atomic E-state index is -0.749. The summed E-state index contributed by atoms with van der Waals surface area (Å²) in [5, 5.41) is 10.4. The van der Waals surface area contributed by atoms with E-state index in [9.17, 15) is 9.50 Å². The van der Waals surface area contributed by atoms with Crippen LogP contribution in [0, 0.1) is 12.7 Å². The number of fused-ring (bicyclic) bond motifs is 2. The van der Waals surface area contributed by atoms with Crippen LogP contribution in [0.2, 0.25) is 0 Å². The van der Waals surface area contributed by atoms with Crippen LogP contribution in [-0.4, -0.2) is 40.6 Å². The molecule has 1 aliphatic heterocycles. The van der Waals surface area contributed by atoms with Gasteiger partial charge in [-0.2, -0.15) is 0 Å². The lowest BCUT2D eigenvalue weighted by Crippen LogP contribution is -2.22. The summed E-state index contributed by atoms with van der Waals surface area (Å²) in [6.45, 7) is 3.45. The molecule has 1 aromatic heterocycles. The standard InChI is InChI=1S/C20H21FN2O4/c1-13-22-17-8-19-20(27-7-6-26-19)9-18(17)23(13)10-15(24)12-25-11-14-4-2-3-5-16(14)21/h2-5,8-9,15,24H,6-7,10-12H2,1H3/t15-/m1/s1. The lowest BCUT2D eigenvalue weighted by atomic mass is 10.2. The molecule has 0 saturated heterocycles. The van der Waals surface area contributed by atoms with Crippen LogP contribution in [0.1, 0.15) is 11.4 Å². The van der Waals surface area contributed by atoms with E-state index in [4.69, 9.17) is 14.2 Å². The monoisotopic (exact) mass is 372 g/mol. The molecule has 0 spiro atoms. The van der Waals surface area contributed by atoms with E-state index < -0.39 is 6.10 Å². The van der Waals surface area contributed by atoms with Crippen LogP contribution < -0.4 is 9.47 Å². The number of benzene rings is 2. The number of aliphatic hydroxyl groups excluding tert-OH is 1. The van der Waals surface area contributed by atoms with Crippen molar-refractivity contribution in [2.45, 2.75) is 26.2 Å². The average Bonchev–Trinajstić information content (AvgIpc) is 2.96. The molecule has 2 aromatic carbocycles. The molecule has 4 rings (SSSR count). The van der Waals surface area contributed by atoms with Gasteiger partial charge in [-0.15, -0.1) is 0 Å². The number of aryl methyl sites for hydroxylation is 1. The minimum absolute atomic E-state index is 0.0952. The summed E-state index contributed by atoms with van der Waals surface area (Å²) >= 11 is 0. The third-order valence-electron chi connectivity index (χ3n) is 4.52. The predicted octanol–water partition coefficient (Wildman–Crippen LogP) is 2.83. The van der Waals surface area contributed by atoms with Gasteiger partial charge in [-0.1, -0.05) is 18.2 Å². The number of aliphatic hydroxyl groups is 1. The quantitative estimate of drug-likeness (QED) is 0.721. The maximum atomic E-state index is 13.6. The van der Waals surface area contributed by atoms with Gasteiger partial charge in [0.1, 0.15) is 24.9 Å². The third-order valence-corrected chi connectivity index (χ3v) is 4.52. The number of nitrogens with zero attached hydrogens (tertiary/aromatic N) is 2. The van der Waals surface area contributed by atoms with E-state index in [0.717, 1.165) is 16.9 Å². The Kier molecular flexibility index (Phi) is 4.96. The Morgan fingerprint density at radius 1 is 1.22 bits per heavy atom. The molecule has 142 valence electrons. The molecular weight excluding hydrogens is 351 g/mol. The van der Waals surface area contributed by atoms with Gasteiger partial charge in [-0.3, -0.25) is 0 Å². The first-order valence-electron chi connectivity index (χ1n) is 8.87. The number of rotatable bonds is 6. The Balaban J connectivity index is 1.44. The molecule has 0 bridgehead atoms.